The van der Waals surface area contributed by atoms with Crippen molar-refractivity contribution in [2.75, 3.05) is 0 Å². The fourth-order valence-electron chi connectivity index (χ4n) is 2.80. The number of fused-ring (bicyclic) bond motifs is 3. The van der Waals surface area contributed by atoms with Crippen LogP contribution >= 0.6 is 11.6 Å². The van der Waals surface area contributed by atoms with Gasteiger partial charge in [0.05, 0.1) is 16.1 Å². The van der Waals surface area contributed by atoms with Crippen molar-refractivity contribution in [1.82, 2.24) is 14.0 Å². The topological polar surface area (TPSA) is 56.4 Å². The van der Waals surface area contributed by atoms with Crippen molar-refractivity contribution >= 4 is 34.3 Å². The molecule has 0 amide bonds. The number of carbonyl (C=O) groups excluding carboxylic acids is 1. The predicted molar refractivity (Wildman–Crippen MR) is 88.7 cm³/mol. The first-order valence-electron chi connectivity index (χ1n) is 7.03. The van der Waals surface area contributed by atoms with Crippen molar-refractivity contribution in [2.45, 2.75) is 0 Å². The first kappa shape index (κ1) is 14.6. The van der Waals surface area contributed by atoms with Gasteiger partial charge in [-0.3, -0.25) is 14.2 Å². The molecule has 0 atom stereocenters. The van der Waals surface area contributed by atoms with E-state index in [2.05, 4.69) is 4.98 Å². The summed E-state index contributed by atoms with van der Waals surface area (Å²) >= 11 is 5.98. The smallest absolute Gasteiger partial charge is 0.283 e. The number of nitrogens with zero attached hydrogens (tertiary/aromatic N) is 3. The minimum atomic E-state index is -0.621. The van der Waals surface area contributed by atoms with E-state index < -0.39 is 11.4 Å². The number of hydrogen-bond acceptors (Lipinski definition) is 3. The van der Waals surface area contributed by atoms with Gasteiger partial charge < -0.3 is 4.40 Å². The molecule has 0 saturated heterocycles. The van der Waals surface area contributed by atoms with Crippen LogP contribution in [-0.2, 0) is 0 Å². The van der Waals surface area contributed by atoms with Crippen molar-refractivity contribution in [2.24, 2.45) is 0 Å². The molecule has 7 heteroatoms. The number of pyridine rings is 1. The molecule has 24 heavy (non-hydrogen) atoms. The summed E-state index contributed by atoms with van der Waals surface area (Å²) in [5, 5.41) is 0.518. The second kappa shape index (κ2) is 5.28. The molecule has 0 aliphatic carbocycles. The van der Waals surface area contributed by atoms with Gasteiger partial charge in [0.15, 0.2) is 17.9 Å². The molecular formula is C17H9ClFN3O2. The molecule has 4 aromatic rings. The highest BCUT2D eigenvalue weighted by atomic mass is 35.5. The molecule has 3 aromatic heterocycles. The monoisotopic (exact) mass is 341 g/mol. The molecule has 5 nitrogen and oxygen atoms in total. The van der Waals surface area contributed by atoms with Gasteiger partial charge in [0, 0.05) is 24.0 Å². The third-order valence-corrected chi connectivity index (χ3v) is 4.23. The summed E-state index contributed by atoms with van der Waals surface area (Å²) in [5.41, 5.74) is -0.0764. The molecule has 1 aromatic carbocycles. The van der Waals surface area contributed by atoms with Crippen molar-refractivity contribution in [3.63, 3.8) is 0 Å². The number of aromatic nitrogens is 3. The van der Waals surface area contributed by atoms with Crippen LogP contribution in [0.5, 0.6) is 0 Å². The van der Waals surface area contributed by atoms with Gasteiger partial charge in [0.25, 0.3) is 5.56 Å². The Balaban J connectivity index is 2.14. The number of benzene rings is 1. The van der Waals surface area contributed by atoms with E-state index >= 15 is 0 Å². The lowest BCUT2D eigenvalue weighted by Crippen LogP contribution is -2.22. The zero-order chi connectivity index (χ0) is 16.8. The molecule has 118 valence electrons. The summed E-state index contributed by atoms with van der Waals surface area (Å²) < 4.78 is 17.3. The predicted octanol–water partition coefficient (Wildman–Crippen LogP) is 3.24. The van der Waals surface area contributed by atoms with Crippen LogP contribution in [0.3, 0.4) is 0 Å². The van der Waals surface area contributed by atoms with Crippen LogP contribution in [0.15, 0.2) is 53.7 Å². The molecule has 0 saturated carbocycles. The average molecular weight is 342 g/mol. The first-order chi connectivity index (χ1) is 11.6. The first-order valence-corrected chi connectivity index (χ1v) is 7.41. The summed E-state index contributed by atoms with van der Waals surface area (Å²) in [6, 6.07) is 8.25. The van der Waals surface area contributed by atoms with Crippen LogP contribution in [0.4, 0.5) is 4.39 Å². The fraction of sp³-hybridized carbons (Fsp3) is 0. The molecule has 0 N–H and O–H groups in total. The fourth-order valence-corrected chi connectivity index (χ4v) is 2.98. The van der Waals surface area contributed by atoms with Gasteiger partial charge in [-0.25, -0.2) is 9.37 Å². The zero-order valence-electron chi connectivity index (χ0n) is 12.1. The number of hydrogen-bond donors (Lipinski definition) is 0. The Bertz CT molecular complexity index is 1180. The van der Waals surface area contributed by atoms with Gasteiger partial charge in [0.2, 0.25) is 0 Å². The SMILES string of the molecule is O=Cc1c(Cl)ccnc1-n1ccn2c(c(F)c3ccccc32)c1=O. The van der Waals surface area contributed by atoms with E-state index in [4.69, 9.17) is 11.6 Å². The Morgan fingerprint density at radius 1 is 1.17 bits per heavy atom. The highest BCUT2D eigenvalue weighted by Gasteiger charge is 2.18. The highest BCUT2D eigenvalue weighted by Crippen LogP contribution is 2.24. The normalized spacial score (nSPS) is 11.2. The second-order valence-electron chi connectivity index (χ2n) is 5.17. The highest BCUT2D eigenvalue weighted by molar-refractivity contribution is 6.33. The summed E-state index contributed by atoms with van der Waals surface area (Å²) in [7, 11) is 0. The van der Waals surface area contributed by atoms with E-state index in [1.165, 1.54) is 22.9 Å². The number of aldehydes is 1. The van der Waals surface area contributed by atoms with Gasteiger partial charge in [-0.1, -0.05) is 23.7 Å². The van der Waals surface area contributed by atoms with E-state index in [0.717, 1.165) is 4.57 Å². The van der Waals surface area contributed by atoms with Crippen molar-refractivity contribution in [3.8, 4) is 5.82 Å². The summed E-state index contributed by atoms with van der Waals surface area (Å²) in [6.45, 7) is 0. The Labute approximate surface area is 139 Å². The quantitative estimate of drug-likeness (QED) is 0.526. The van der Waals surface area contributed by atoms with Gasteiger partial charge in [-0.2, -0.15) is 0 Å². The Hall–Kier alpha value is -2.99. The van der Waals surface area contributed by atoms with E-state index in [1.54, 1.807) is 30.5 Å². The van der Waals surface area contributed by atoms with E-state index in [0.29, 0.717) is 17.2 Å². The number of halogens is 2. The molecule has 0 radical (unpaired) electrons. The standard InChI is InChI=1S/C17H9ClFN3O2/c18-12-5-6-20-16(11(12)9-23)22-8-7-21-13-4-2-1-3-10(13)14(19)15(21)17(22)24/h1-9H. The van der Waals surface area contributed by atoms with Crippen LogP contribution < -0.4 is 5.56 Å². The Morgan fingerprint density at radius 2 is 1.96 bits per heavy atom. The number of para-hydroxylation sites is 1. The molecule has 0 aliphatic rings. The number of rotatable bonds is 2. The number of carbonyl (C=O) groups is 1. The maximum atomic E-state index is 14.7. The lowest BCUT2D eigenvalue weighted by atomic mass is 10.2. The summed E-state index contributed by atoms with van der Waals surface area (Å²) in [6.07, 6.45) is 4.89. The second-order valence-corrected chi connectivity index (χ2v) is 5.58. The van der Waals surface area contributed by atoms with Crippen LogP contribution in [0.1, 0.15) is 10.4 Å². The lowest BCUT2D eigenvalue weighted by Gasteiger charge is -2.09. The van der Waals surface area contributed by atoms with Gasteiger partial charge >= 0.3 is 0 Å². The van der Waals surface area contributed by atoms with Gasteiger partial charge in [-0.15, -0.1) is 0 Å². The maximum absolute atomic E-state index is 14.7. The summed E-state index contributed by atoms with van der Waals surface area (Å²) in [5.74, 6) is -0.547. The minimum Gasteiger partial charge on any atom is -0.308 e. The average Bonchev–Trinajstić information content (AvgIpc) is 2.89. The molecule has 0 bridgehead atoms. The van der Waals surface area contributed by atoms with Crippen molar-refractivity contribution in [1.29, 1.82) is 0 Å². The van der Waals surface area contributed by atoms with Crippen LogP contribution in [0, 0.1) is 5.82 Å². The molecule has 0 aliphatic heterocycles. The largest absolute Gasteiger partial charge is 0.308 e. The van der Waals surface area contributed by atoms with Gasteiger partial charge in [-0.05, 0) is 18.2 Å². The van der Waals surface area contributed by atoms with Crippen molar-refractivity contribution in [3.05, 3.63) is 75.7 Å². The minimum absolute atomic E-state index is 0.0645. The van der Waals surface area contributed by atoms with Crippen LogP contribution in [0.2, 0.25) is 5.02 Å². The molecule has 0 spiro atoms. The van der Waals surface area contributed by atoms with Crippen LogP contribution in [-0.4, -0.2) is 20.2 Å². The molecule has 3 heterocycles. The summed E-state index contributed by atoms with van der Waals surface area (Å²) in [4.78, 5) is 28.1. The van der Waals surface area contributed by atoms with E-state index in [1.807, 2.05) is 0 Å². The molecule has 0 unspecified atom stereocenters. The molecule has 4 rings (SSSR count). The Morgan fingerprint density at radius 3 is 2.75 bits per heavy atom. The zero-order valence-corrected chi connectivity index (χ0v) is 12.9. The Kier molecular flexibility index (Phi) is 3.21. The molecular weight excluding hydrogens is 333 g/mol. The van der Waals surface area contributed by atoms with Crippen LogP contribution in [0.25, 0.3) is 22.2 Å². The lowest BCUT2D eigenvalue weighted by molar-refractivity contribution is 0.112. The molecule has 0 fully saturated rings. The van der Waals surface area contributed by atoms with E-state index in [9.17, 15) is 14.0 Å². The van der Waals surface area contributed by atoms with Gasteiger partial charge in [0.1, 0.15) is 5.52 Å². The third kappa shape index (κ3) is 1.90. The maximum Gasteiger partial charge on any atom is 0.283 e. The third-order valence-electron chi connectivity index (χ3n) is 3.90. The van der Waals surface area contributed by atoms with Crippen molar-refractivity contribution < 1.29 is 9.18 Å². The van der Waals surface area contributed by atoms with E-state index in [-0.39, 0.29) is 21.9 Å².